The number of primary amides is 1. The number of unbranched alkanes of at least 4 members (excludes halogenated alkanes) is 1. The fraction of sp³-hybridized carbons (Fsp3) is 0.514. The van der Waals surface area contributed by atoms with Crippen molar-refractivity contribution in [2.45, 2.75) is 81.6 Å². The third-order valence-corrected chi connectivity index (χ3v) is 11.7. The van der Waals surface area contributed by atoms with Crippen LogP contribution in [0.1, 0.15) is 50.5 Å². The SMILES string of the molecule is NC(=O)[C@@H]1CSSCCC(=O)N[C@@H](CCCCN=C(N)N)C(=O)NCC(=O)N[C@@H](CC(=O)O)C(=O)N[C@@H](Cc2c[nH]c3ccccc23)C(=O)N2CCC[C@H]2C(=O)N1.S. The fourth-order valence-corrected chi connectivity index (χ4v) is 8.56. The van der Waals surface area contributed by atoms with Crippen LogP contribution < -0.4 is 43.8 Å². The Bertz CT molecular complexity index is 1840. The number of carbonyl (C=O) groups is 8. The number of rotatable bonds is 10. The maximum atomic E-state index is 14.3. The fourth-order valence-electron chi connectivity index (χ4n) is 6.39. The molecule has 1 aromatic heterocycles. The number of hydrogen-bond acceptors (Lipinski definition) is 11. The molecule has 0 aliphatic carbocycles. The summed E-state index contributed by atoms with van der Waals surface area (Å²) in [5.41, 5.74) is 17.8. The largest absolute Gasteiger partial charge is 0.481 e. The van der Waals surface area contributed by atoms with Crippen molar-refractivity contribution >= 4 is 99.3 Å². The van der Waals surface area contributed by atoms with Crippen LogP contribution in [0.5, 0.6) is 0 Å². The number of aromatic nitrogens is 1. The Kier molecular flexibility index (Phi) is 19.0. The number of amides is 7. The Labute approximate surface area is 349 Å². The highest BCUT2D eigenvalue weighted by atomic mass is 33.1. The van der Waals surface area contributed by atoms with Crippen LogP contribution in [0.25, 0.3) is 10.9 Å². The van der Waals surface area contributed by atoms with Gasteiger partial charge in [0.15, 0.2) is 5.96 Å². The third-order valence-electron chi connectivity index (χ3n) is 9.24. The number of carboxylic acids is 1. The number of nitrogens with zero attached hydrogens (tertiary/aromatic N) is 2. The Morgan fingerprint density at radius 1 is 0.879 bits per heavy atom. The molecule has 23 heteroatoms. The number of fused-ring (bicyclic) bond motifs is 2. The van der Waals surface area contributed by atoms with Gasteiger partial charge in [0, 0.05) is 54.5 Å². The van der Waals surface area contributed by atoms with Crippen LogP contribution in [0.3, 0.4) is 0 Å². The van der Waals surface area contributed by atoms with Gasteiger partial charge in [0.2, 0.25) is 41.4 Å². The van der Waals surface area contributed by atoms with E-state index in [1.165, 1.54) is 26.5 Å². The van der Waals surface area contributed by atoms with Gasteiger partial charge in [-0.1, -0.05) is 39.8 Å². The van der Waals surface area contributed by atoms with E-state index in [1.54, 1.807) is 12.3 Å². The number of carboxylic acid groups (broad SMARTS) is 1. The van der Waals surface area contributed by atoms with Crippen molar-refractivity contribution in [1.82, 2.24) is 36.5 Å². The quantitative estimate of drug-likeness (QED) is 0.0539. The zero-order valence-corrected chi connectivity index (χ0v) is 34.3. The molecule has 5 atom stereocenters. The summed E-state index contributed by atoms with van der Waals surface area (Å²) in [6.45, 7) is -0.233. The maximum absolute atomic E-state index is 14.3. The van der Waals surface area contributed by atoms with Gasteiger partial charge in [-0.15, -0.1) is 0 Å². The molecule has 2 fully saturated rings. The van der Waals surface area contributed by atoms with Crippen molar-refractivity contribution < 1.29 is 43.5 Å². The Morgan fingerprint density at radius 3 is 2.34 bits per heavy atom. The molecule has 2 aromatic rings. The van der Waals surface area contributed by atoms with E-state index < -0.39 is 90.5 Å². The molecule has 0 bridgehead atoms. The minimum Gasteiger partial charge on any atom is -0.481 e. The summed E-state index contributed by atoms with van der Waals surface area (Å²) in [6.07, 6.45) is 2.48. The first-order chi connectivity index (χ1) is 27.2. The van der Waals surface area contributed by atoms with E-state index in [4.69, 9.17) is 17.2 Å². The van der Waals surface area contributed by atoms with Gasteiger partial charge in [0.05, 0.1) is 13.0 Å². The number of aliphatic imine (C=N–C) groups is 1. The average Bonchev–Trinajstić information content (AvgIpc) is 3.82. The van der Waals surface area contributed by atoms with Crippen LogP contribution in [0.2, 0.25) is 0 Å². The lowest BCUT2D eigenvalue weighted by Gasteiger charge is -2.30. The van der Waals surface area contributed by atoms with Crippen molar-refractivity contribution in [2.75, 3.05) is 31.1 Å². The molecule has 3 heterocycles. The summed E-state index contributed by atoms with van der Waals surface area (Å²) in [6, 6.07) is 1.07. The van der Waals surface area contributed by atoms with Crippen molar-refractivity contribution in [3.63, 3.8) is 0 Å². The molecule has 0 unspecified atom stereocenters. The number of para-hydroxylation sites is 1. The number of nitrogens with one attached hydrogen (secondary N) is 6. The summed E-state index contributed by atoms with van der Waals surface area (Å²) in [5.74, 6) is -6.35. The summed E-state index contributed by atoms with van der Waals surface area (Å²) in [5, 5.41) is 23.1. The molecule has 20 nitrogen and oxygen atoms in total. The molecule has 0 spiro atoms. The Hall–Kier alpha value is -5.16. The van der Waals surface area contributed by atoms with E-state index >= 15 is 0 Å². The minimum atomic E-state index is -1.68. The van der Waals surface area contributed by atoms with Gasteiger partial charge in [-0.3, -0.25) is 43.3 Å². The number of guanidine groups is 1. The van der Waals surface area contributed by atoms with E-state index in [0.717, 1.165) is 10.9 Å². The normalized spacial score (nSPS) is 23.2. The van der Waals surface area contributed by atoms with Crippen LogP contribution in [-0.2, 0) is 44.8 Å². The predicted octanol–water partition coefficient (Wildman–Crippen LogP) is -1.94. The smallest absolute Gasteiger partial charge is 0.305 e. The molecule has 0 radical (unpaired) electrons. The van der Waals surface area contributed by atoms with Crippen LogP contribution in [-0.4, -0.2) is 130 Å². The van der Waals surface area contributed by atoms with Gasteiger partial charge in [0.1, 0.15) is 30.2 Å². The molecule has 7 amide bonds. The number of benzene rings is 1. The highest BCUT2D eigenvalue weighted by Crippen LogP contribution is 2.25. The van der Waals surface area contributed by atoms with Gasteiger partial charge >= 0.3 is 5.97 Å². The molecule has 2 aliphatic rings. The van der Waals surface area contributed by atoms with Crippen LogP contribution in [0, 0.1) is 0 Å². The lowest BCUT2D eigenvalue weighted by molar-refractivity contribution is -0.143. The van der Waals surface area contributed by atoms with Crippen LogP contribution in [0.4, 0.5) is 0 Å². The number of aromatic amines is 1. The van der Waals surface area contributed by atoms with Gasteiger partial charge < -0.3 is 58.8 Å². The van der Waals surface area contributed by atoms with Gasteiger partial charge in [-0.2, -0.15) is 13.5 Å². The zero-order chi connectivity index (χ0) is 41.5. The Morgan fingerprint density at radius 2 is 1.62 bits per heavy atom. The van der Waals surface area contributed by atoms with E-state index in [-0.39, 0.29) is 69.7 Å². The molecular weight excluding hydrogens is 815 g/mol. The molecule has 0 saturated carbocycles. The second kappa shape index (κ2) is 23.3. The number of hydrogen-bond donors (Lipinski definition) is 10. The number of H-pyrrole nitrogens is 1. The Balaban J connectivity index is 0.00000900. The van der Waals surface area contributed by atoms with Gasteiger partial charge in [-0.25, -0.2) is 0 Å². The summed E-state index contributed by atoms with van der Waals surface area (Å²) in [7, 11) is 2.45. The van der Waals surface area contributed by atoms with Crippen molar-refractivity contribution in [2.24, 2.45) is 22.2 Å². The average molecular weight is 866 g/mol. The van der Waals surface area contributed by atoms with Crippen LogP contribution in [0.15, 0.2) is 35.5 Å². The molecule has 318 valence electrons. The number of aliphatic carboxylic acids is 1. The molecule has 13 N–H and O–H groups in total. The van der Waals surface area contributed by atoms with Gasteiger partial charge in [-0.05, 0) is 43.7 Å². The van der Waals surface area contributed by atoms with E-state index in [9.17, 15) is 43.5 Å². The monoisotopic (exact) mass is 865 g/mol. The maximum Gasteiger partial charge on any atom is 0.305 e. The molecule has 1 aromatic carbocycles. The molecule has 4 rings (SSSR count). The summed E-state index contributed by atoms with van der Waals surface area (Å²) in [4.78, 5) is 114. The first-order valence-corrected chi connectivity index (χ1v) is 20.9. The lowest BCUT2D eigenvalue weighted by Crippen LogP contribution is -2.59. The van der Waals surface area contributed by atoms with Crippen molar-refractivity contribution in [3.8, 4) is 0 Å². The highest BCUT2D eigenvalue weighted by Gasteiger charge is 2.40. The van der Waals surface area contributed by atoms with Crippen molar-refractivity contribution in [1.29, 1.82) is 0 Å². The first-order valence-electron chi connectivity index (χ1n) is 18.4. The molecular formula is C35H51N11O9S3. The predicted molar refractivity (Wildman–Crippen MR) is 223 cm³/mol. The van der Waals surface area contributed by atoms with E-state index in [1.807, 2.05) is 18.2 Å². The standard InChI is InChI=1S/C35H49N11O9S2.H2S/c36-30(51)25-18-57-56-13-10-27(47)42-22(8-3-4-11-39-35(37)38)31(52)41-17-28(48)43-23(15-29(49)50)32(53)44-24(14-19-16-40-21-7-2-1-6-20(19)21)34(55)46-12-5-9-26(46)33(54)45-25;/h1-2,6-7,16,22-26,40H,3-5,8-15,17-18H2,(H2,36,51)(H,41,52)(H,42,47)(H,43,48)(H,44,53)(H,45,54)(H,49,50)(H4,37,38,39);1H2/t22-,23-,24-,25-,26-;/m0./s1. The summed E-state index contributed by atoms with van der Waals surface area (Å²) >= 11 is 0. The minimum absolute atomic E-state index is 0. The summed E-state index contributed by atoms with van der Waals surface area (Å²) < 4.78 is 0. The second-order valence-electron chi connectivity index (χ2n) is 13.5. The topological polar surface area (TPSA) is 326 Å². The lowest BCUT2D eigenvalue weighted by atomic mass is 10.0. The second-order valence-corrected chi connectivity index (χ2v) is 16.1. The van der Waals surface area contributed by atoms with Gasteiger partial charge in [0.25, 0.3) is 0 Å². The third kappa shape index (κ3) is 14.3. The molecule has 58 heavy (non-hydrogen) atoms. The first kappa shape index (κ1) is 47.2. The van der Waals surface area contributed by atoms with E-state index in [2.05, 4.69) is 36.6 Å². The number of carbonyl (C=O) groups excluding carboxylic acids is 7. The molecule has 2 saturated heterocycles. The number of nitrogens with two attached hydrogens (primary N) is 3. The van der Waals surface area contributed by atoms with Crippen molar-refractivity contribution in [3.05, 3.63) is 36.0 Å². The highest BCUT2D eigenvalue weighted by molar-refractivity contribution is 8.76. The molecule has 2 aliphatic heterocycles. The van der Waals surface area contributed by atoms with E-state index in [0.29, 0.717) is 24.8 Å². The van der Waals surface area contributed by atoms with Crippen LogP contribution >= 0.6 is 35.1 Å². The zero-order valence-electron chi connectivity index (χ0n) is 31.6.